The molecule has 0 aromatic rings. The van der Waals surface area contributed by atoms with Crippen LogP contribution in [0.3, 0.4) is 0 Å². The summed E-state index contributed by atoms with van der Waals surface area (Å²) in [5, 5.41) is 0. The summed E-state index contributed by atoms with van der Waals surface area (Å²) in [5.74, 6) is -0.373. The molecule has 0 aliphatic rings. The molecule has 0 saturated carbocycles. The number of hydrogen-bond acceptors (Lipinski definition) is 4. The minimum absolute atomic E-state index is 0.114. The smallest absolute Gasteiger partial charge is 0.293 e. The van der Waals surface area contributed by atoms with E-state index in [2.05, 4.69) is 9.47 Å². The lowest BCUT2D eigenvalue weighted by atomic mass is 10.2. The van der Waals surface area contributed by atoms with Crippen molar-refractivity contribution in [2.24, 2.45) is 0 Å². The van der Waals surface area contributed by atoms with Crippen molar-refractivity contribution in [1.29, 1.82) is 0 Å². The highest BCUT2D eigenvalue weighted by atomic mass is 16.6. The Bertz CT molecular complexity index is 125. The van der Waals surface area contributed by atoms with Crippen LogP contribution in [0.15, 0.2) is 0 Å². The van der Waals surface area contributed by atoms with E-state index in [0.29, 0.717) is 6.47 Å². The molecular weight excluding hydrogens is 135 g/mol. The molecule has 0 aromatic heterocycles. The van der Waals surface area contributed by atoms with E-state index in [1.54, 1.807) is 6.92 Å². The Morgan fingerprint density at radius 2 is 2.40 bits per heavy atom. The molecule has 0 heterocycles. The molecule has 5 heteroatoms. The molecule has 0 aliphatic heterocycles. The summed E-state index contributed by atoms with van der Waals surface area (Å²) < 4.78 is 8.97. The van der Waals surface area contributed by atoms with Crippen LogP contribution in [0.1, 0.15) is 6.92 Å². The molecule has 0 amide bonds. The zero-order chi connectivity index (χ0) is 7.98. The quantitative estimate of drug-likeness (QED) is 0.387. The topological polar surface area (TPSA) is 52.6 Å². The first-order chi connectivity index (χ1) is 4.66. The van der Waals surface area contributed by atoms with E-state index in [1.165, 1.54) is 7.85 Å². The molecule has 0 radical (unpaired) electrons. The second-order valence-electron chi connectivity index (χ2n) is 1.85. The van der Waals surface area contributed by atoms with Crippen LogP contribution < -0.4 is 0 Å². The van der Waals surface area contributed by atoms with Crippen molar-refractivity contribution in [3.63, 3.8) is 0 Å². The van der Waals surface area contributed by atoms with Gasteiger partial charge in [0, 0.05) is 0 Å². The monoisotopic (exact) mass is 144 g/mol. The first-order valence-electron chi connectivity index (χ1n) is 2.89. The van der Waals surface area contributed by atoms with Crippen LogP contribution in [-0.2, 0) is 14.3 Å². The summed E-state index contributed by atoms with van der Waals surface area (Å²) in [6, 6.07) is 0. The Hall–Kier alpha value is -0.995. The van der Waals surface area contributed by atoms with E-state index < -0.39 is 0 Å². The van der Waals surface area contributed by atoms with Gasteiger partial charge < -0.3 is 9.47 Å². The summed E-state index contributed by atoms with van der Waals surface area (Å²) in [4.78, 5) is 19.9. The molecule has 0 N–H and O–H groups in total. The Labute approximate surface area is 59.9 Å². The number of carbonyl (C=O) groups is 2. The maximum atomic E-state index is 10.3. The minimum atomic E-state index is -0.373. The third-order valence-electron chi connectivity index (χ3n) is 0.766. The fourth-order valence-corrected chi connectivity index (χ4v) is 0.492. The Balaban J connectivity index is 3.33. The van der Waals surface area contributed by atoms with Gasteiger partial charge in [-0.2, -0.15) is 0 Å². The second kappa shape index (κ2) is 4.84. The van der Waals surface area contributed by atoms with Gasteiger partial charge in [-0.25, -0.2) is 0 Å². The van der Waals surface area contributed by atoms with Crippen LogP contribution in [-0.4, -0.2) is 32.9 Å². The van der Waals surface area contributed by atoms with E-state index in [0.717, 1.165) is 0 Å². The molecule has 0 rings (SSSR count). The third-order valence-corrected chi connectivity index (χ3v) is 0.766. The van der Waals surface area contributed by atoms with Crippen LogP contribution in [0.4, 0.5) is 4.79 Å². The molecule has 56 valence electrons. The third kappa shape index (κ3) is 5.15. The van der Waals surface area contributed by atoms with Gasteiger partial charge in [-0.1, -0.05) is 0 Å². The zero-order valence-electron chi connectivity index (χ0n) is 5.99. The first-order valence-corrected chi connectivity index (χ1v) is 2.89. The van der Waals surface area contributed by atoms with Gasteiger partial charge in [0.25, 0.3) is 6.47 Å². The van der Waals surface area contributed by atoms with Crippen LogP contribution in [0.5, 0.6) is 0 Å². The lowest BCUT2D eigenvalue weighted by molar-refractivity contribution is -0.131. The van der Waals surface area contributed by atoms with E-state index in [4.69, 9.17) is 0 Å². The maximum Gasteiger partial charge on any atom is 0.293 e. The van der Waals surface area contributed by atoms with Crippen molar-refractivity contribution < 1.29 is 19.1 Å². The summed E-state index contributed by atoms with van der Waals surface area (Å²) in [7, 11) is 1.30. The molecule has 1 atom stereocenters. The standard InChI is InChI=1S/C5H9BO4/c1-4(2-9-3-7)10-5(6)8/h3-4H,2,6H2,1H3/t4-/m0/s1. The first kappa shape index (κ1) is 9.00. The van der Waals surface area contributed by atoms with Crippen molar-refractivity contribution in [3.05, 3.63) is 0 Å². The van der Waals surface area contributed by atoms with Crippen LogP contribution in [0.25, 0.3) is 0 Å². The Morgan fingerprint density at radius 3 is 2.80 bits per heavy atom. The van der Waals surface area contributed by atoms with E-state index in [-0.39, 0.29) is 18.6 Å². The average molecular weight is 144 g/mol. The fourth-order valence-electron chi connectivity index (χ4n) is 0.492. The van der Waals surface area contributed by atoms with Crippen molar-refractivity contribution in [2.45, 2.75) is 13.0 Å². The molecule has 0 bridgehead atoms. The van der Waals surface area contributed by atoms with Gasteiger partial charge >= 0.3 is 0 Å². The van der Waals surface area contributed by atoms with Crippen molar-refractivity contribution in [3.8, 4) is 0 Å². The lowest BCUT2D eigenvalue weighted by Crippen LogP contribution is -2.18. The Morgan fingerprint density at radius 1 is 1.80 bits per heavy atom. The molecule has 0 fully saturated rings. The molecule has 0 aliphatic carbocycles. The average Bonchev–Trinajstić information content (AvgIpc) is 1.82. The molecule has 0 aromatic carbocycles. The molecule has 0 spiro atoms. The van der Waals surface area contributed by atoms with E-state index in [9.17, 15) is 9.59 Å². The zero-order valence-corrected chi connectivity index (χ0v) is 5.99. The summed E-state index contributed by atoms with van der Waals surface area (Å²) >= 11 is 0. The molecule has 4 nitrogen and oxygen atoms in total. The fraction of sp³-hybridized carbons (Fsp3) is 0.600. The van der Waals surface area contributed by atoms with E-state index in [1.807, 2.05) is 0 Å². The van der Waals surface area contributed by atoms with Gasteiger partial charge in [-0.15, -0.1) is 0 Å². The molecule has 0 saturated heterocycles. The van der Waals surface area contributed by atoms with Gasteiger partial charge in [0.05, 0.1) is 0 Å². The number of ether oxygens (including phenoxy) is 2. The minimum Gasteiger partial charge on any atom is -0.468 e. The van der Waals surface area contributed by atoms with Gasteiger partial charge in [0.15, 0.2) is 0 Å². The number of carbonyl (C=O) groups excluding carboxylic acids is 2. The predicted octanol–water partition coefficient (Wildman–Crippen LogP) is -0.682. The lowest BCUT2D eigenvalue weighted by Gasteiger charge is -2.09. The SMILES string of the molecule is BC(=O)O[C@@H](C)COC=O. The van der Waals surface area contributed by atoms with Crippen molar-refractivity contribution in [1.82, 2.24) is 0 Å². The van der Waals surface area contributed by atoms with E-state index >= 15 is 0 Å². The van der Waals surface area contributed by atoms with Crippen LogP contribution in [0.2, 0.25) is 0 Å². The largest absolute Gasteiger partial charge is 0.468 e. The van der Waals surface area contributed by atoms with Gasteiger partial charge in [0.2, 0.25) is 13.7 Å². The second-order valence-corrected chi connectivity index (χ2v) is 1.85. The normalized spacial score (nSPS) is 11.7. The summed E-state index contributed by atoms with van der Waals surface area (Å²) in [5.41, 5.74) is 0. The van der Waals surface area contributed by atoms with Gasteiger partial charge in [0.1, 0.15) is 12.7 Å². The number of rotatable bonds is 4. The molecule has 10 heavy (non-hydrogen) atoms. The summed E-state index contributed by atoms with van der Waals surface area (Å²) in [6.07, 6.45) is -0.359. The highest BCUT2D eigenvalue weighted by Crippen LogP contribution is 1.90. The summed E-state index contributed by atoms with van der Waals surface area (Å²) in [6.45, 7) is 2.08. The molecule has 0 unspecified atom stereocenters. The predicted molar refractivity (Wildman–Crippen MR) is 36.5 cm³/mol. The van der Waals surface area contributed by atoms with Crippen LogP contribution >= 0.6 is 0 Å². The Kier molecular flexibility index (Phi) is 4.36. The van der Waals surface area contributed by atoms with Gasteiger partial charge in [-0.3, -0.25) is 9.59 Å². The highest BCUT2D eigenvalue weighted by Gasteiger charge is 2.03. The highest BCUT2D eigenvalue weighted by molar-refractivity contribution is 6.55. The van der Waals surface area contributed by atoms with Crippen molar-refractivity contribution in [2.75, 3.05) is 6.61 Å². The van der Waals surface area contributed by atoms with Crippen molar-refractivity contribution >= 4 is 20.2 Å². The molecular formula is C5H9BO4. The van der Waals surface area contributed by atoms with Crippen LogP contribution in [0, 0.1) is 0 Å². The number of hydrogen-bond donors (Lipinski definition) is 0. The maximum absolute atomic E-state index is 10.3. The van der Waals surface area contributed by atoms with Gasteiger partial charge in [-0.05, 0) is 6.92 Å².